The summed E-state index contributed by atoms with van der Waals surface area (Å²) < 4.78 is 18.0. The fraction of sp³-hybridized carbons (Fsp3) is 0.214. The molecule has 0 unspecified atom stereocenters. The van der Waals surface area contributed by atoms with E-state index < -0.39 is 11.8 Å². The van der Waals surface area contributed by atoms with Gasteiger partial charge in [-0.3, -0.25) is 0 Å². The van der Waals surface area contributed by atoms with Crippen molar-refractivity contribution in [2.45, 2.75) is 13.5 Å². The fourth-order valence-corrected chi connectivity index (χ4v) is 1.70. The zero-order chi connectivity index (χ0) is 14.5. The van der Waals surface area contributed by atoms with Crippen molar-refractivity contribution in [2.75, 3.05) is 12.4 Å². The highest BCUT2D eigenvalue weighted by Crippen LogP contribution is 2.16. The molecule has 0 bridgehead atoms. The first-order valence-corrected chi connectivity index (χ1v) is 6.00. The number of carbonyl (C=O) groups excluding carboxylic acids is 1. The lowest BCUT2D eigenvalue weighted by atomic mass is 10.2. The molecule has 0 radical (unpaired) electrons. The van der Waals surface area contributed by atoms with Crippen molar-refractivity contribution >= 4 is 11.7 Å². The molecule has 0 atom stereocenters. The van der Waals surface area contributed by atoms with Crippen LogP contribution in [0.15, 0.2) is 30.5 Å². The summed E-state index contributed by atoms with van der Waals surface area (Å²) in [5, 5.41) is 3.07. The summed E-state index contributed by atoms with van der Waals surface area (Å²) in [7, 11) is 1.21. The van der Waals surface area contributed by atoms with Crippen LogP contribution < -0.4 is 5.32 Å². The lowest BCUT2D eigenvalue weighted by Gasteiger charge is -2.08. The van der Waals surface area contributed by atoms with Gasteiger partial charge in [-0.1, -0.05) is 0 Å². The summed E-state index contributed by atoms with van der Waals surface area (Å²) in [6.07, 6.45) is 1.67. The van der Waals surface area contributed by atoms with E-state index in [1.165, 1.54) is 19.2 Å². The number of nitrogens with one attached hydrogen (secondary N) is 1. The molecule has 6 heteroatoms. The van der Waals surface area contributed by atoms with E-state index in [9.17, 15) is 9.18 Å². The molecule has 5 nitrogen and oxygen atoms in total. The van der Waals surface area contributed by atoms with E-state index >= 15 is 0 Å². The molecule has 1 aromatic carbocycles. The number of nitrogens with zero attached hydrogens (tertiary/aromatic N) is 2. The Morgan fingerprint density at radius 3 is 2.90 bits per heavy atom. The summed E-state index contributed by atoms with van der Waals surface area (Å²) in [4.78, 5) is 19.6. The molecular formula is C14H14FN3O2. The maximum Gasteiger partial charge on any atom is 0.340 e. The largest absolute Gasteiger partial charge is 0.465 e. The minimum atomic E-state index is -0.705. The summed E-state index contributed by atoms with van der Waals surface area (Å²) in [6.45, 7) is 2.26. The predicted octanol–water partition coefficient (Wildman–Crippen LogP) is 2.32. The van der Waals surface area contributed by atoms with Crippen LogP contribution >= 0.6 is 0 Å². The molecule has 20 heavy (non-hydrogen) atoms. The highest BCUT2D eigenvalue weighted by atomic mass is 19.1. The molecule has 0 aliphatic carbocycles. The molecule has 0 aliphatic heterocycles. The topological polar surface area (TPSA) is 64.1 Å². The van der Waals surface area contributed by atoms with E-state index in [2.05, 4.69) is 20.0 Å². The number of rotatable bonds is 4. The number of carbonyl (C=O) groups is 1. The molecule has 104 valence electrons. The van der Waals surface area contributed by atoms with Gasteiger partial charge in [-0.15, -0.1) is 0 Å². The van der Waals surface area contributed by atoms with Crippen molar-refractivity contribution in [1.82, 2.24) is 9.97 Å². The van der Waals surface area contributed by atoms with Crippen molar-refractivity contribution in [3.8, 4) is 0 Å². The van der Waals surface area contributed by atoms with Crippen LogP contribution in [0.2, 0.25) is 0 Å². The lowest BCUT2D eigenvalue weighted by molar-refractivity contribution is 0.0595. The van der Waals surface area contributed by atoms with Crippen molar-refractivity contribution in [1.29, 1.82) is 0 Å². The van der Waals surface area contributed by atoms with Crippen LogP contribution in [0.5, 0.6) is 0 Å². The number of halogens is 1. The number of anilines is 1. The van der Waals surface area contributed by atoms with Crippen LogP contribution in [0.3, 0.4) is 0 Å². The zero-order valence-electron chi connectivity index (χ0n) is 11.2. The van der Waals surface area contributed by atoms with Crippen molar-refractivity contribution in [3.05, 3.63) is 53.4 Å². The standard InChI is InChI=1S/C14H14FN3O2/c1-9-16-6-5-11(18-9)8-17-10-3-4-13(15)12(7-10)14(19)20-2/h3-7,17H,8H2,1-2H3. The Morgan fingerprint density at radius 1 is 1.40 bits per heavy atom. The molecule has 1 heterocycles. The maximum absolute atomic E-state index is 13.5. The Labute approximate surface area is 115 Å². The summed E-state index contributed by atoms with van der Waals surface area (Å²) in [5.41, 5.74) is 1.32. The van der Waals surface area contributed by atoms with E-state index in [4.69, 9.17) is 0 Å². The number of methoxy groups -OCH3 is 1. The molecule has 0 saturated carbocycles. The average Bonchev–Trinajstić information content (AvgIpc) is 2.45. The second-order valence-electron chi connectivity index (χ2n) is 4.13. The van der Waals surface area contributed by atoms with Crippen molar-refractivity contribution in [3.63, 3.8) is 0 Å². The highest BCUT2D eigenvalue weighted by Gasteiger charge is 2.12. The maximum atomic E-state index is 13.5. The molecule has 2 aromatic rings. The third-order valence-corrected chi connectivity index (χ3v) is 2.68. The van der Waals surface area contributed by atoms with Gasteiger partial charge in [0.2, 0.25) is 0 Å². The van der Waals surface area contributed by atoms with E-state index in [0.717, 1.165) is 5.69 Å². The van der Waals surface area contributed by atoms with E-state index in [0.29, 0.717) is 18.1 Å². The summed E-state index contributed by atoms with van der Waals surface area (Å²) >= 11 is 0. The number of aryl methyl sites for hydroxylation is 1. The van der Waals surface area contributed by atoms with Crippen LogP contribution in [0.4, 0.5) is 10.1 Å². The molecule has 1 N–H and O–H groups in total. The zero-order valence-corrected chi connectivity index (χ0v) is 11.2. The van der Waals surface area contributed by atoms with Crippen LogP contribution in [-0.4, -0.2) is 23.0 Å². The second-order valence-corrected chi connectivity index (χ2v) is 4.13. The molecule has 0 spiro atoms. The molecule has 2 rings (SSSR count). The van der Waals surface area contributed by atoms with Gasteiger partial charge in [0, 0.05) is 11.9 Å². The van der Waals surface area contributed by atoms with E-state index in [1.807, 2.05) is 0 Å². The first-order chi connectivity index (χ1) is 9.60. The molecule has 0 fully saturated rings. The number of aromatic nitrogens is 2. The summed E-state index contributed by atoms with van der Waals surface area (Å²) in [6, 6.07) is 5.97. The first-order valence-electron chi connectivity index (χ1n) is 6.00. The van der Waals surface area contributed by atoms with Gasteiger partial charge in [0.15, 0.2) is 0 Å². The number of hydrogen-bond acceptors (Lipinski definition) is 5. The molecule has 0 saturated heterocycles. The van der Waals surface area contributed by atoms with Crippen LogP contribution in [0, 0.1) is 12.7 Å². The smallest absolute Gasteiger partial charge is 0.340 e. The van der Waals surface area contributed by atoms with Gasteiger partial charge in [0.25, 0.3) is 0 Å². The molecule has 0 aliphatic rings. The minimum Gasteiger partial charge on any atom is -0.465 e. The van der Waals surface area contributed by atoms with E-state index in [-0.39, 0.29) is 5.56 Å². The normalized spacial score (nSPS) is 10.2. The minimum absolute atomic E-state index is 0.101. The summed E-state index contributed by atoms with van der Waals surface area (Å²) in [5.74, 6) is -0.636. The Balaban J connectivity index is 2.12. The highest BCUT2D eigenvalue weighted by molar-refractivity contribution is 5.90. The number of benzene rings is 1. The first kappa shape index (κ1) is 13.9. The third kappa shape index (κ3) is 3.28. The van der Waals surface area contributed by atoms with Crippen molar-refractivity contribution in [2.24, 2.45) is 0 Å². The van der Waals surface area contributed by atoms with Gasteiger partial charge in [0.05, 0.1) is 24.9 Å². The number of esters is 1. The number of ether oxygens (including phenoxy) is 1. The van der Waals surface area contributed by atoms with Gasteiger partial charge < -0.3 is 10.1 Å². The average molecular weight is 275 g/mol. The van der Waals surface area contributed by atoms with Crippen molar-refractivity contribution < 1.29 is 13.9 Å². The van der Waals surface area contributed by atoms with E-state index in [1.54, 1.807) is 25.3 Å². The molecule has 1 aromatic heterocycles. The van der Waals surface area contributed by atoms with Crippen LogP contribution in [0.1, 0.15) is 21.9 Å². The van der Waals surface area contributed by atoms with Crippen LogP contribution in [0.25, 0.3) is 0 Å². The monoisotopic (exact) mass is 275 g/mol. The third-order valence-electron chi connectivity index (χ3n) is 2.68. The SMILES string of the molecule is COC(=O)c1cc(NCc2ccnc(C)n2)ccc1F. The fourth-order valence-electron chi connectivity index (χ4n) is 1.70. The Bertz CT molecular complexity index is 632. The van der Waals surface area contributed by atoms with Gasteiger partial charge in [-0.2, -0.15) is 0 Å². The lowest BCUT2D eigenvalue weighted by Crippen LogP contribution is -2.07. The van der Waals surface area contributed by atoms with Gasteiger partial charge in [0.1, 0.15) is 11.6 Å². The Morgan fingerprint density at radius 2 is 2.20 bits per heavy atom. The van der Waals surface area contributed by atoms with Gasteiger partial charge in [-0.05, 0) is 31.2 Å². The number of hydrogen-bond donors (Lipinski definition) is 1. The molecular weight excluding hydrogens is 261 g/mol. The van der Waals surface area contributed by atoms with Gasteiger partial charge >= 0.3 is 5.97 Å². The predicted molar refractivity (Wildman–Crippen MR) is 71.8 cm³/mol. The quantitative estimate of drug-likeness (QED) is 0.867. The Kier molecular flexibility index (Phi) is 4.24. The van der Waals surface area contributed by atoms with Crippen LogP contribution in [-0.2, 0) is 11.3 Å². The van der Waals surface area contributed by atoms with Gasteiger partial charge in [-0.25, -0.2) is 19.2 Å². The Hall–Kier alpha value is -2.50. The molecule has 0 amide bonds. The second kappa shape index (κ2) is 6.10.